The number of benzene rings is 1. The maximum absolute atomic E-state index is 13.2. The third-order valence-corrected chi connectivity index (χ3v) is 7.02. The van der Waals surface area contributed by atoms with Crippen LogP contribution in [0.1, 0.15) is 42.1 Å². The molecule has 0 bridgehead atoms. The molecule has 1 aliphatic carbocycles. The molecule has 3 rings (SSSR count). The van der Waals surface area contributed by atoms with E-state index in [1.54, 1.807) is 4.90 Å². The maximum atomic E-state index is 13.2. The zero-order valence-corrected chi connectivity index (χ0v) is 13.7. The van der Waals surface area contributed by atoms with Crippen LogP contribution in [0.15, 0.2) is 24.3 Å². The average molecular weight is 343 g/mol. The van der Waals surface area contributed by atoms with E-state index >= 15 is 0 Å². The van der Waals surface area contributed by atoms with Gasteiger partial charge in [-0.25, -0.2) is 17.2 Å². The van der Waals surface area contributed by atoms with E-state index < -0.39 is 21.0 Å². The molecular weight excluding hydrogens is 324 g/mol. The van der Waals surface area contributed by atoms with E-state index in [4.69, 9.17) is 0 Å². The van der Waals surface area contributed by atoms with E-state index in [9.17, 15) is 22.0 Å². The molecular formula is C16H19F2NO3S. The number of hydrogen-bond donors (Lipinski definition) is 0. The summed E-state index contributed by atoms with van der Waals surface area (Å²) in [5, 5.41) is -0.473. The van der Waals surface area contributed by atoms with Crippen LogP contribution in [0, 0.1) is 0 Å². The van der Waals surface area contributed by atoms with Crippen molar-refractivity contribution in [2.45, 2.75) is 43.4 Å². The van der Waals surface area contributed by atoms with E-state index in [2.05, 4.69) is 0 Å². The van der Waals surface area contributed by atoms with Crippen molar-refractivity contribution in [1.82, 2.24) is 4.90 Å². The van der Waals surface area contributed by atoms with Crippen LogP contribution < -0.4 is 0 Å². The van der Waals surface area contributed by atoms with Crippen molar-refractivity contribution in [2.75, 3.05) is 12.3 Å². The van der Waals surface area contributed by atoms with Gasteiger partial charge < -0.3 is 4.90 Å². The Balaban J connectivity index is 1.83. The van der Waals surface area contributed by atoms with Gasteiger partial charge in [0.15, 0.2) is 9.84 Å². The predicted octanol–water partition coefficient (Wildman–Crippen LogP) is 2.59. The van der Waals surface area contributed by atoms with Crippen LogP contribution in [-0.4, -0.2) is 42.8 Å². The summed E-state index contributed by atoms with van der Waals surface area (Å²) in [6.45, 7) is 0.983. The van der Waals surface area contributed by atoms with Crippen LogP contribution in [0.3, 0.4) is 0 Å². The molecule has 0 aromatic heterocycles. The van der Waals surface area contributed by atoms with Gasteiger partial charge in [-0.3, -0.25) is 4.79 Å². The minimum atomic E-state index is -3.13. The van der Waals surface area contributed by atoms with Gasteiger partial charge in [0.25, 0.3) is 11.8 Å². The van der Waals surface area contributed by atoms with Gasteiger partial charge >= 0.3 is 0 Å². The largest absolute Gasteiger partial charge is 0.333 e. The third kappa shape index (κ3) is 2.98. The first-order chi connectivity index (χ1) is 10.7. The van der Waals surface area contributed by atoms with Crippen molar-refractivity contribution >= 4 is 15.7 Å². The second kappa shape index (κ2) is 5.54. The summed E-state index contributed by atoms with van der Waals surface area (Å²) in [6, 6.07) is 5.00. The molecule has 1 amide bonds. The molecule has 1 aromatic carbocycles. The average Bonchev–Trinajstić information content (AvgIpc) is 2.97. The molecule has 1 aliphatic heterocycles. The molecule has 2 atom stereocenters. The quantitative estimate of drug-likeness (QED) is 0.829. The first-order valence-corrected chi connectivity index (χ1v) is 9.42. The summed E-state index contributed by atoms with van der Waals surface area (Å²) in [5.41, 5.74) is 0.178. The number of nitrogens with zero attached hydrogens (tertiary/aromatic N) is 1. The molecule has 1 saturated heterocycles. The lowest BCUT2D eigenvalue weighted by Gasteiger charge is -2.37. The number of hydrogen-bond acceptors (Lipinski definition) is 3. The fourth-order valence-electron chi connectivity index (χ4n) is 3.55. The zero-order chi connectivity index (χ0) is 16.8. The summed E-state index contributed by atoms with van der Waals surface area (Å²) in [4.78, 5) is 14.3. The van der Waals surface area contributed by atoms with Gasteiger partial charge in [-0.15, -0.1) is 0 Å². The molecule has 0 unspecified atom stereocenters. The number of rotatable bonds is 2. The van der Waals surface area contributed by atoms with Crippen molar-refractivity contribution in [1.29, 1.82) is 0 Å². The lowest BCUT2D eigenvalue weighted by atomic mass is 10.1. The van der Waals surface area contributed by atoms with Gasteiger partial charge in [0.2, 0.25) is 0 Å². The second-order valence-corrected chi connectivity index (χ2v) is 8.71. The Bertz CT molecular complexity index is 710. The smallest absolute Gasteiger partial charge is 0.270 e. The molecule has 0 spiro atoms. The lowest BCUT2D eigenvalue weighted by molar-refractivity contribution is 0.0174. The van der Waals surface area contributed by atoms with Gasteiger partial charge in [0.1, 0.15) is 0 Å². The van der Waals surface area contributed by atoms with E-state index in [-0.39, 0.29) is 29.8 Å². The highest BCUT2D eigenvalue weighted by Gasteiger charge is 2.46. The molecule has 1 heterocycles. The van der Waals surface area contributed by atoms with Crippen LogP contribution in [-0.2, 0) is 15.8 Å². The molecule has 126 valence electrons. The first-order valence-electron chi connectivity index (χ1n) is 7.71. The molecule has 2 fully saturated rings. The molecule has 0 radical (unpaired) electrons. The predicted molar refractivity (Wildman–Crippen MR) is 82.3 cm³/mol. The van der Waals surface area contributed by atoms with Crippen molar-refractivity contribution in [3.63, 3.8) is 0 Å². The van der Waals surface area contributed by atoms with Crippen LogP contribution in [0.4, 0.5) is 8.78 Å². The third-order valence-electron chi connectivity index (χ3n) is 4.80. The number of carbonyl (C=O) groups excluding carboxylic acids is 1. The summed E-state index contributed by atoms with van der Waals surface area (Å²) < 4.78 is 50.7. The number of amides is 1. The van der Waals surface area contributed by atoms with E-state index in [0.29, 0.717) is 18.4 Å². The van der Waals surface area contributed by atoms with Gasteiger partial charge in [0.05, 0.1) is 11.0 Å². The first kappa shape index (κ1) is 16.4. The Morgan fingerprint density at radius 1 is 1.22 bits per heavy atom. The number of fused-ring (bicyclic) bond motifs is 1. The Kier molecular flexibility index (Phi) is 3.94. The second-order valence-electron chi connectivity index (χ2n) is 6.37. The molecule has 1 saturated carbocycles. The number of sulfone groups is 1. The standard InChI is InChI=1S/C16H19F2NO3S/c1-16(17,18)12-7-5-11(6-8-12)15(20)19-9-10-23(21,22)14-4-2-3-13(14)19/h5-8,13-14H,2-4,9-10H2,1H3/t13-,14+/m0/s1. The van der Waals surface area contributed by atoms with Gasteiger partial charge in [0, 0.05) is 30.6 Å². The van der Waals surface area contributed by atoms with Crippen LogP contribution in [0.25, 0.3) is 0 Å². The fourth-order valence-corrected chi connectivity index (χ4v) is 5.59. The van der Waals surface area contributed by atoms with E-state index in [1.165, 1.54) is 24.3 Å². The molecule has 4 nitrogen and oxygen atoms in total. The Hall–Kier alpha value is -1.50. The van der Waals surface area contributed by atoms with Crippen LogP contribution >= 0.6 is 0 Å². The Morgan fingerprint density at radius 2 is 1.87 bits per heavy atom. The summed E-state index contributed by atoms with van der Waals surface area (Å²) in [5.74, 6) is -3.25. The highest BCUT2D eigenvalue weighted by Crippen LogP contribution is 2.34. The highest BCUT2D eigenvalue weighted by atomic mass is 32.2. The maximum Gasteiger partial charge on any atom is 0.270 e. The monoisotopic (exact) mass is 343 g/mol. The lowest BCUT2D eigenvalue weighted by Crippen LogP contribution is -2.54. The van der Waals surface area contributed by atoms with Crippen LogP contribution in [0.2, 0.25) is 0 Å². The summed E-state index contributed by atoms with van der Waals surface area (Å²) >= 11 is 0. The Labute approximate surface area is 134 Å². The fraction of sp³-hybridized carbons (Fsp3) is 0.562. The van der Waals surface area contributed by atoms with Gasteiger partial charge in [-0.2, -0.15) is 0 Å². The van der Waals surface area contributed by atoms with Crippen molar-refractivity contribution < 1.29 is 22.0 Å². The summed E-state index contributed by atoms with van der Waals surface area (Å²) in [7, 11) is -3.13. The molecule has 23 heavy (non-hydrogen) atoms. The molecule has 2 aliphatic rings. The molecule has 7 heteroatoms. The number of halogens is 2. The molecule has 0 N–H and O–H groups in total. The highest BCUT2D eigenvalue weighted by molar-refractivity contribution is 7.92. The van der Waals surface area contributed by atoms with Crippen molar-refractivity contribution in [2.24, 2.45) is 0 Å². The topological polar surface area (TPSA) is 54.5 Å². The normalized spacial score (nSPS) is 26.8. The van der Waals surface area contributed by atoms with Gasteiger partial charge in [-0.05, 0) is 31.4 Å². The summed E-state index contributed by atoms with van der Waals surface area (Å²) in [6.07, 6.45) is 2.07. The number of alkyl halides is 2. The van der Waals surface area contributed by atoms with Crippen LogP contribution in [0.5, 0.6) is 0 Å². The number of carbonyl (C=O) groups is 1. The Morgan fingerprint density at radius 3 is 2.48 bits per heavy atom. The van der Waals surface area contributed by atoms with Gasteiger partial charge in [-0.1, -0.05) is 12.1 Å². The van der Waals surface area contributed by atoms with Crippen molar-refractivity contribution in [3.05, 3.63) is 35.4 Å². The van der Waals surface area contributed by atoms with E-state index in [1.807, 2.05) is 0 Å². The minimum absolute atomic E-state index is 0.0228. The minimum Gasteiger partial charge on any atom is -0.333 e. The van der Waals surface area contributed by atoms with E-state index in [0.717, 1.165) is 13.3 Å². The molecule has 1 aromatic rings. The SMILES string of the molecule is CC(F)(F)c1ccc(C(=O)N2CCS(=O)(=O)[C@@H]3CCC[C@@H]32)cc1. The zero-order valence-electron chi connectivity index (χ0n) is 12.8. The van der Waals surface area contributed by atoms with Crippen molar-refractivity contribution in [3.8, 4) is 0 Å².